The number of benzene rings is 3. The van der Waals surface area contributed by atoms with Crippen molar-refractivity contribution in [3.8, 4) is 0 Å². The Hall–Kier alpha value is -5.07. The molecule has 226 valence electrons. The van der Waals surface area contributed by atoms with Crippen LogP contribution in [0.2, 0.25) is 5.15 Å². The molecule has 0 N–H and O–H groups in total. The molecule has 1 aromatic heterocycles. The highest BCUT2D eigenvalue weighted by Gasteiger charge is 2.52. The Labute approximate surface area is 256 Å². The van der Waals surface area contributed by atoms with E-state index in [0.29, 0.717) is 0 Å². The van der Waals surface area contributed by atoms with Gasteiger partial charge in [-0.2, -0.15) is 0 Å². The second kappa shape index (κ2) is 13.9. The Morgan fingerprint density at radius 1 is 0.727 bits per heavy atom. The van der Waals surface area contributed by atoms with Crippen molar-refractivity contribution < 1.29 is 42.9 Å². The predicted molar refractivity (Wildman–Crippen MR) is 153 cm³/mol. The van der Waals surface area contributed by atoms with Crippen molar-refractivity contribution in [3.05, 3.63) is 119 Å². The highest BCUT2D eigenvalue weighted by Crippen LogP contribution is 2.37. The number of carbonyl (C=O) groups is 4. The number of ether oxygens (including phenoxy) is 5. The summed E-state index contributed by atoms with van der Waals surface area (Å²) in [6, 6.07) is 24.5. The first kappa shape index (κ1) is 30.4. The molecule has 1 aliphatic heterocycles. The van der Waals surface area contributed by atoms with Gasteiger partial charge in [0.2, 0.25) is 5.69 Å². The normalized spacial score (nSPS) is 19.1. The second-order valence-electron chi connectivity index (χ2n) is 9.40. The molecule has 0 radical (unpaired) electrons. The number of esters is 4. The van der Waals surface area contributed by atoms with E-state index in [2.05, 4.69) is 10.3 Å². The van der Waals surface area contributed by atoms with Gasteiger partial charge in [-0.05, 0) is 43.3 Å². The molecule has 4 atom stereocenters. The average molecular weight is 620 g/mol. The summed E-state index contributed by atoms with van der Waals surface area (Å²) in [4.78, 5) is 51.7. The molecule has 44 heavy (non-hydrogen) atoms. The van der Waals surface area contributed by atoms with Gasteiger partial charge >= 0.3 is 23.9 Å². The van der Waals surface area contributed by atoms with E-state index in [0.717, 1.165) is 4.68 Å². The number of aromatic nitrogens is 3. The quantitative estimate of drug-likeness (QED) is 0.185. The van der Waals surface area contributed by atoms with Gasteiger partial charge in [0.05, 0.1) is 23.3 Å². The van der Waals surface area contributed by atoms with Crippen molar-refractivity contribution in [2.75, 3.05) is 13.2 Å². The summed E-state index contributed by atoms with van der Waals surface area (Å²) in [6.07, 6.45) is -5.24. The van der Waals surface area contributed by atoms with E-state index in [9.17, 15) is 19.2 Å². The first-order chi connectivity index (χ1) is 21.4. The maximum absolute atomic E-state index is 13.3. The van der Waals surface area contributed by atoms with Gasteiger partial charge < -0.3 is 23.7 Å². The minimum atomic E-state index is -1.38. The Kier molecular flexibility index (Phi) is 9.62. The molecule has 0 unspecified atom stereocenters. The van der Waals surface area contributed by atoms with Crippen molar-refractivity contribution in [2.45, 2.75) is 31.5 Å². The van der Waals surface area contributed by atoms with Gasteiger partial charge in [0.15, 0.2) is 23.6 Å². The lowest BCUT2D eigenvalue weighted by Crippen LogP contribution is -2.41. The first-order valence-corrected chi connectivity index (χ1v) is 13.9. The van der Waals surface area contributed by atoms with E-state index < -0.39 is 55.0 Å². The van der Waals surface area contributed by atoms with Crippen LogP contribution >= 0.6 is 11.6 Å². The largest absolute Gasteiger partial charge is 0.461 e. The number of hydrogen-bond acceptors (Lipinski definition) is 11. The van der Waals surface area contributed by atoms with Gasteiger partial charge in [-0.1, -0.05) is 71.4 Å². The van der Waals surface area contributed by atoms with Crippen LogP contribution in [0.4, 0.5) is 0 Å². The molecular formula is C31H26ClN3O9. The van der Waals surface area contributed by atoms with E-state index in [1.165, 1.54) is 0 Å². The van der Waals surface area contributed by atoms with Gasteiger partial charge in [0.1, 0.15) is 12.7 Å². The molecule has 0 aliphatic carbocycles. The first-order valence-electron chi connectivity index (χ1n) is 13.5. The van der Waals surface area contributed by atoms with Crippen molar-refractivity contribution in [1.82, 2.24) is 15.0 Å². The van der Waals surface area contributed by atoms with Gasteiger partial charge in [0, 0.05) is 0 Å². The van der Waals surface area contributed by atoms with Gasteiger partial charge in [-0.3, -0.25) is 0 Å². The van der Waals surface area contributed by atoms with Crippen LogP contribution in [0.25, 0.3) is 0 Å². The third-order valence-corrected chi connectivity index (χ3v) is 6.88. The minimum Gasteiger partial charge on any atom is -0.461 e. The lowest BCUT2D eigenvalue weighted by molar-refractivity contribution is -0.0677. The SMILES string of the molecule is CCOC(=O)c1nnn([C@H]2O[C@@H](COC(=O)c3ccccc3)[C@H](OC(=O)c3ccccc3)[C@@H]2OC(=O)c2ccccc2)c1Cl. The average Bonchev–Trinajstić information content (AvgIpc) is 3.60. The summed E-state index contributed by atoms with van der Waals surface area (Å²) in [5, 5.41) is 7.49. The number of nitrogens with zero attached hydrogens (tertiary/aromatic N) is 3. The van der Waals surface area contributed by atoms with Crippen LogP contribution in [0.3, 0.4) is 0 Å². The molecule has 0 spiro atoms. The maximum atomic E-state index is 13.3. The van der Waals surface area contributed by atoms with Crippen LogP contribution < -0.4 is 0 Å². The molecule has 12 nitrogen and oxygen atoms in total. The summed E-state index contributed by atoms with van der Waals surface area (Å²) in [5.74, 6) is -3.02. The molecule has 13 heteroatoms. The zero-order chi connectivity index (χ0) is 31.1. The summed E-state index contributed by atoms with van der Waals surface area (Å²) in [6.45, 7) is 1.27. The molecule has 2 heterocycles. The Bertz CT molecular complexity index is 1620. The third-order valence-electron chi connectivity index (χ3n) is 6.53. The smallest absolute Gasteiger partial charge is 0.362 e. The summed E-state index contributed by atoms with van der Waals surface area (Å²) in [7, 11) is 0. The fourth-order valence-electron chi connectivity index (χ4n) is 4.42. The van der Waals surface area contributed by atoms with Crippen LogP contribution in [0.1, 0.15) is 54.7 Å². The minimum absolute atomic E-state index is 0.0611. The Balaban J connectivity index is 1.50. The number of carbonyl (C=O) groups excluding carboxylic acids is 4. The van der Waals surface area contributed by atoms with Crippen LogP contribution in [0.5, 0.6) is 0 Å². The standard InChI is InChI=1S/C31H26ClN3O9/c1-2-40-31(39)23-26(32)35(34-33-23)27-25(44-30(38)21-16-10-5-11-17-21)24(43-29(37)20-14-8-4-9-15-20)22(42-27)18-41-28(36)19-12-6-3-7-13-19/h3-17,22,24-25,27H,2,18H2,1H3/t22-,24-,25-,27-/m0/s1. The summed E-state index contributed by atoms with van der Waals surface area (Å²) < 4.78 is 29.4. The highest BCUT2D eigenvalue weighted by atomic mass is 35.5. The van der Waals surface area contributed by atoms with Crippen LogP contribution in [-0.2, 0) is 23.7 Å². The van der Waals surface area contributed by atoms with Crippen molar-refractivity contribution in [1.29, 1.82) is 0 Å². The topological polar surface area (TPSA) is 145 Å². The van der Waals surface area contributed by atoms with E-state index in [1.807, 2.05) is 0 Å². The van der Waals surface area contributed by atoms with Gasteiger partial charge in [-0.25, -0.2) is 23.9 Å². The molecule has 3 aromatic carbocycles. The number of hydrogen-bond donors (Lipinski definition) is 0. The zero-order valence-corrected chi connectivity index (χ0v) is 24.0. The van der Waals surface area contributed by atoms with Gasteiger partial charge in [0.25, 0.3) is 0 Å². The van der Waals surface area contributed by atoms with E-state index in [1.54, 1.807) is 97.9 Å². The number of rotatable bonds is 10. The van der Waals surface area contributed by atoms with Crippen molar-refractivity contribution >= 4 is 35.5 Å². The third kappa shape index (κ3) is 6.77. The van der Waals surface area contributed by atoms with E-state index in [-0.39, 0.29) is 34.1 Å². The van der Waals surface area contributed by atoms with Crippen molar-refractivity contribution in [2.24, 2.45) is 0 Å². The molecule has 0 amide bonds. The fourth-order valence-corrected chi connectivity index (χ4v) is 4.67. The number of halogens is 1. The van der Waals surface area contributed by atoms with Crippen LogP contribution in [0.15, 0.2) is 91.0 Å². The second-order valence-corrected chi connectivity index (χ2v) is 9.75. The van der Waals surface area contributed by atoms with Gasteiger partial charge in [-0.15, -0.1) is 5.10 Å². The summed E-state index contributed by atoms with van der Waals surface area (Å²) >= 11 is 6.48. The summed E-state index contributed by atoms with van der Waals surface area (Å²) in [5.41, 5.74) is 0.398. The predicted octanol–water partition coefficient (Wildman–Crippen LogP) is 4.31. The molecule has 0 saturated carbocycles. The molecule has 1 aliphatic rings. The monoisotopic (exact) mass is 619 g/mol. The molecule has 1 fully saturated rings. The van der Waals surface area contributed by atoms with E-state index in [4.69, 9.17) is 35.3 Å². The Morgan fingerprint density at radius 2 is 1.23 bits per heavy atom. The lowest BCUT2D eigenvalue weighted by Gasteiger charge is -2.24. The van der Waals surface area contributed by atoms with Crippen LogP contribution in [0, 0.1) is 0 Å². The molecule has 1 saturated heterocycles. The molecule has 4 aromatic rings. The molecular weight excluding hydrogens is 594 g/mol. The van der Waals surface area contributed by atoms with E-state index >= 15 is 0 Å². The van der Waals surface area contributed by atoms with Crippen molar-refractivity contribution in [3.63, 3.8) is 0 Å². The molecule has 0 bridgehead atoms. The highest BCUT2D eigenvalue weighted by molar-refractivity contribution is 6.32. The fraction of sp³-hybridized carbons (Fsp3) is 0.226. The molecule has 5 rings (SSSR count). The Morgan fingerprint density at radius 3 is 1.75 bits per heavy atom. The zero-order valence-electron chi connectivity index (χ0n) is 23.3. The van der Waals surface area contributed by atoms with Crippen LogP contribution in [-0.4, -0.2) is 70.4 Å². The lowest BCUT2D eigenvalue weighted by atomic mass is 10.1. The maximum Gasteiger partial charge on any atom is 0.362 e.